The number of thiazole rings is 1. The number of aromatic nitrogens is 2. The summed E-state index contributed by atoms with van der Waals surface area (Å²) in [6.45, 7) is 1.51. The molecule has 0 atom stereocenters. The average molecular weight is 474 g/mol. The zero-order valence-corrected chi connectivity index (χ0v) is 18.8. The topological polar surface area (TPSA) is 86.5 Å². The molecule has 2 aliphatic rings. The molecule has 4 aromatic rings. The number of aliphatic carboxylic acids is 1. The van der Waals surface area contributed by atoms with Gasteiger partial charge in [0.2, 0.25) is 0 Å². The lowest BCUT2D eigenvalue weighted by Gasteiger charge is -2.36. The maximum atomic E-state index is 15.0. The maximum Gasteiger partial charge on any atom is 0.309 e. The molecule has 2 aromatic carbocycles. The molecular weight excluding hydrogens is 453 g/mol. The molecule has 6 nitrogen and oxygen atoms in total. The van der Waals surface area contributed by atoms with Crippen LogP contribution >= 0.6 is 11.3 Å². The lowest BCUT2D eigenvalue weighted by atomic mass is 9.89. The van der Waals surface area contributed by atoms with Gasteiger partial charge >= 0.3 is 5.97 Å². The summed E-state index contributed by atoms with van der Waals surface area (Å²) >= 11 is 1.35. The van der Waals surface area contributed by atoms with Crippen molar-refractivity contribution in [3.63, 3.8) is 0 Å². The van der Waals surface area contributed by atoms with E-state index >= 15 is 0 Å². The standard InChI is InChI=1S/C26H20FN3O3S/c27-20-11-15(12-30-13-16(14-30)25(32)33)1-6-19(20)23-28-21-7-8-22(29-24(21)34-23)26(9-10-26)17-2-4-18(31)5-3-17/h1-11,16,31H,12-14H2,(H,32,33). The third kappa shape index (κ3) is 3.55. The maximum absolute atomic E-state index is 15.0. The Hall–Kier alpha value is -3.62. The fourth-order valence-corrected chi connectivity index (χ4v) is 5.40. The smallest absolute Gasteiger partial charge is 0.309 e. The minimum absolute atomic E-state index is 0.220. The number of benzene rings is 2. The molecule has 0 radical (unpaired) electrons. The van der Waals surface area contributed by atoms with Crippen LogP contribution in [0.3, 0.4) is 0 Å². The van der Waals surface area contributed by atoms with Crippen molar-refractivity contribution in [1.29, 1.82) is 0 Å². The monoisotopic (exact) mass is 473 g/mol. The number of phenols is 1. The van der Waals surface area contributed by atoms with E-state index in [2.05, 4.69) is 17.1 Å². The Balaban J connectivity index is 1.24. The summed E-state index contributed by atoms with van der Waals surface area (Å²) in [4.78, 5) is 23.1. The van der Waals surface area contributed by atoms with E-state index in [-0.39, 0.29) is 22.9 Å². The Kier molecular flexibility index (Phi) is 4.75. The second-order valence-corrected chi connectivity index (χ2v) is 9.81. The van der Waals surface area contributed by atoms with Crippen molar-refractivity contribution in [2.24, 2.45) is 5.92 Å². The van der Waals surface area contributed by atoms with Crippen molar-refractivity contribution in [1.82, 2.24) is 14.9 Å². The zero-order valence-electron chi connectivity index (χ0n) is 18.0. The van der Waals surface area contributed by atoms with Gasteiger partial charge in [-0.05, 0) is 47.5 Å². The molecule has 2 aromatic heterocycles. The fourth-order valence-electron chi connectivity index (χ4n) is 4.44. The van der Waals surface area contributed by atoms with Gasteiger partial charge in [0.25, 0.3) is 0 Å². The van der Waals surface area contributed by atoms with Crippen molar-refractivity contribution >= 4 is 27.7 Å². The van der Waals surface area contributed by atoms with Gasteiger partial charge in [0.15, 0.2) is 0 Å². The van der Waals surface area contributed by atoms with Gasteiger partial charge in [-0.25, -0.2) is 14.4 Å². The van der Waals surface area contributed by atoms with E-state index in [4.69, 9.17) is 10.1 Å². The van der Waals surface area contributed by atoms with E-state index < -0.39 is 5.97 Å². The molecular formula is C26H20FN3O3S. The van der Waals surface area contributed by atoms with Crippen LogP contribution in [0.25, 0.3) is 20.9 Å². The van der Waals surface area contributed by atoms with Crippen LogP contribution in [0.1, 0.15) is 16.8 Å². The molecule has 0 unspecified atom stereocenters. The molecule has 0 spiro atoms. The molecule has 6 rings (SSSR count). The highest BCUT2D eigenvalue weighted by atomic mass is 32.1. The van der Waals surface area contributed by atoms with Crippen molar-refractivity contribution in [3.8, 4) is 16.3 Å². The molecule has 0 bridgehead atoms. The predicted octanol–water partition coefficient (Wildman–Crippen LogP) is 4.58. The van der Waals surface area contributed by atoms with Gasteiger partial charge in [-0.15, -0.1) is 0 Å². The third-order valence-corrected chi connectivity index (χ3v) is 7.50. The van der Waals surface area contributed by atoms with E-state index in [9.17, 15) is 14.3 Å². The van der Waals surface area contributed by atoms with Crippen LogP contribution in [-0.4, -0.2) is 44.1 Å². The Bertz CT molecular complexity index is 1450. The van der Waals surface area contributed by atoms with Crippen LogP contribution in [0, 0.1) is 11.7 Å². The number of rotatable bonds is 6. The first-order chi connectivity index (χ1) is 16.4. The summed E-state index contributed by atoms with van der Waals surface area (Å²) < 4.78 is 15.0. The molecule has 1 aliphatic carbocycles. The lowest BCUT2D eigenvalue weighted by molar-refractivity contribution is -0.147. The molecule has 1 aliphatic heterocycles. The largest absolute Gasteiger partial charge is 0.508 e. The Morgan fingerprint density at radius 1 is 1.09 bits per heavy atom. The summed E-state index contributed by atoms with van der Waals surface area (Å²) in [6, 6.07) is 16.1. The molecule has 3 heterocycles. The van der Waals surface area contributed by atoms with E-state index in [1.54, 1.807) is 18.2 Å². The van der Waals surface area contributed by atoms with Crippen molar-refractivity contribution < 1.29 is 19.4 Å². The molecule has 0 saturated carbocycles. The highest BCUT2D eigenvalue weighted by Crippen LogP contribution is 2.45. The number of hydrogen-bond donors (Lipinski definition) is 2. The van der Waals surface area contributed by atoms with E-state index in [0.717, 1.165) is 21.7 Å². The summed E-state index contributed by atoms with van der Waals surface area (Å²) in [7, 11) is 0. The van der Waals surface area contributed by atoms with Crippen LogP contribution in [0.2, 0.25) is 0 Å². The molecule has 8 heteroatoms. The molecule has 34 heavy (non-hydrogen) atoms. The SMILES string of the molecule is O=C(O)C1CN(Cc2ccc(-c3nc4ccc(C5(c6ccc(O)cc6)C=C5)nc4s3)c(F)c2)C1. The first-order valence-corrected chi connectivity index (χ1v) is 11.7. The second kappa shape index (κ2) is 7.72. The highest BCUT2D eigenvalue weighted by Gasteiger charge is 2.39. The molecule has 170 valence electrons. The lowest BCUT2D eigenvalue weighted by Crippen LogP contribution is -2.49. The normalized spacial score (nSPS) is 17.1. The van der Waals surface area contributed by atoms with Crippen LogP contribution in [0.5, 0.6) is 5.75 Å². The number of allylic oxidation sites excluding steroid dienone is 2. The van der Waals surface area contributed by atoms with Gasteiger partial charge < -0.3 is 10.2 Å². The van der Waals surface area contributed by atoms with Gasteiger partial charge in [0.1, 0.15) is 26.9 Å². The van der Waals surface area contributed by atoms with E-state index in [1.165, 1.54) is 17.4 Å². The van der Waals surface area contributed by atoms with Crippen molar-refractivity contribution in [2.45, 2.75) is 12.0 Å². The number of carboxylic acids is 1. The number of carboxylic acid groups (broad SMARTS) is 1. The number of halogens is 1. The summed E-state index contributed by atoms with van der Waals surface area (Å²) in [6.07, 6.45) is 4.15. The molecule has 2 N–H and O–H groups in total. The Morgan fingerprint density at radius 3 is 2.53 bits per heavy atom. The van der Waals surface area contributed by atoms with Crippen LogP contribution in [0.4, 0.5) is 4.39 Å². The minimum atomic E-state index is -0.781. The van der Waals surface area contributed by atoms with Crippen LogP contribution < -0.4 is 0 Å². The number of hydrogen-bond acceptors (Lipinski definition) is 6. The first-order valence-electron chi connectivity index (χ1n) is 10.9. The number of carbonyl (C=O) groups is 1. The average Bonchev–Trinajstić information content (AvgIpc) is 3.49. The number of likely N-dealkylation sites (tertiary alicyclic amines) is 1. The highest BCUT2D eigenvalue weighted by molar-refractivity contribution is 7.21. The Labute approximate surface area is 198 Å². The number of pyridine rings is 1. The van der Waals surface area contributed by atoms with Crippen LogP contribution in [0.15, 0.2) is 66.7 Å². The minimum Gasteiger partial charge on any atom is -0.508 e. The van der Waals surface area contributed by atoms with Crippen LogP contribution in [-0.2, 0) is 16.8 Å². The first kappa shape index (κ1) is 20.9. The quantitative estimate of drug-likeness (QED) is 0.399. The number of aromatic hydroxyl groups is 1. The van der Waals surface area contributed by atoms with Crippen molar-refractivity contribution in [2.75, 3.05) is 13.1 Å². The fraction of sp³-hybridized carbons (Fsp3) is 0.192. The van der Waals surface area contributed by atoms with Gasteiger partial charge in [0.05, 0.1) is 17.0 Å². The van der Waals surface area contributed by atoms with E-state index in [1.807, 2.05) is 35.2 Å². The third-order valence-electron chi connectivity index (χ3n) is 6.50. The molecule has 1 saturated heterocycles. The number of fused-ring (bicyclic) bond motifs is 1. The summed E-state index contributed by atoms with van der Waals surface area (Å²) in [5.41, 5.74) is 3.47. The number of phenolic OH excluding ortho intramolecular Hbond substituents is 1. The second-order valence-electron chi connectivity index (χ2n) is 8.83. The molecule has 0 amide bonds. The number of nitrogens with zero attached hydrogens (tertiary/aromatic N) is 3. The van der Waals surface area contributed by atoms with Gasteiger partial charge in [-0.1, -0.05) is 41.7 Å². The summed E-state index contributed by atoms with van der Waals surface area (Å²) in [5, 5.41) is 19.2. The molecule has 1 fully saturated rings. The Morgan fingerprint density at radius 2 is 1.85 bits per heavy atom. The van der Waals surface area contributed by atoms with Gasteiger partial charge in [-0.2, -0.15) is 0 Å². The zero-order chi connectivity index (χ0) is 23.4. The van der Waals surface area contributed by atoms with E-state index in [0.29, 0.717) is 35.7 Å². The predicted molar refractivity (Wildman–Crippen MR) is 127 cm³/mol. The van der Waals surface area contributed by atoms with Crippen molar-refractivity contribution in [3.05, 3.63) is 89.4 Å². The summed E-state index contributed by atoms with van der Waals surface area (Å²) in [5.74, 6) is -1.24. The van der Waals surface area contributed by atoms with Gasteiger partial charge in [0, 0.05) is 25.2 Å². The van der Waals surface area contributed by atoms with Gasteiger partial charge in [-0.3, -0.25) is 9.69 Å².